The van der Waals surface area contributed by atoms with Gasteiger partial charge in [0.05, 0.1) is 29.4 Å². The second kappa shape index (κ2) is 5.45. The molecule has 4 rings (SSSR count). The third-order valence-electron chi connectivity index (χ3n) is 6.08. The van der Waals surface area contributed by atoms with Crippen molar-refractivity contribution in [3.63, 3.8) is 0 Å². The molecule has 0 unspecified atom stereocenters. The summed E-state index contributed by atoms with van der Waals surface area (Å²) in [5, 5.41) is 9.63. The number of carbonyl (C=O) groups is 1. The average molecular weight is 365 g/mol. The molecule has 2 aliphatic heterocycles. The molecule has 1 spiro atoms. The summed E-state index contributed by atoms with van der Waals surface area (Å²) in [4.78, 5) is 13.9. The van der Waals surface area contributed by atoms with Gasteiger partial charge >= 0.3 is 5.97 Å². The minimum Gasteiger partial charge on any atom is -0.478 e. The van der Waals surface area contributed by atoms with Gasteiger partial charge in [0.2, 0.25) is 0 Å². The van der Waals surface area contributed by atoms with Crippen LogP contribution >= 0.6 is 0 Å². The van der Waals surface area contributed by atoms with E-state index in [1.807, 2.05) is 4.90 Å². The van der Waals surface area contributed by atoms with Gasteiger partial charge in [-0.05, 0) is 50.2 Å². The van der Waals surface area contributed by atoms with Gasteiger partial charge in [0, 0.05) is 13.1 Å². The molecule has 1 aromatic carbocycles. The zero-order valence-corrected chi connectivity index (χ0v) is 15.1. The Kier molecular flexibility index (Phi) is 3.67. The van der Waals surface area contributed by atoms with Crippen LogP contribution in [0.2, 0.25) is 0 Å². The molecule has 25 heavy (non-hydrogen) atoms. The van der Waals surface area contributed by atoms with E-state index in [4.69, 9.17) is 4.74 Å². The lowest BCUT2D eigenvalue weighted by Crippen LogP contribution is -2.53. The van der Waals surface area contributed by atoms with Gasteiger partial charge in [-0.15, -0.1) is 0 Å². The first-order valence-electron chi connectivity index (χ1n) is 8.72. The van der Waals surface area contributed by atoms with Crippen molar-refractivity contribution < 1.29 is 23.1 Å². The van der Waals surface area contributed by atoms with Gasteiger partial charge in [-0.1, -0.05) is 6.07 Å². The maximum Gasteiger partial charge on any atom is 0.337 e. The first-order chi connectivity index (χ1) is 11.8. The summed E-state index contributed by atoms with van der Waals surface area (Å²) in [7, 11) is -3.68. The Bertz CT molecular complexity index is 814. The summed E-state index contributed by atoms with van der Waals surface area (Å²) in [5.41, 5.74) is 0.858. The number of ether oxygens (including phenoxy) is 1. The third kappa shape index (κ3) is 2.56. The molecule has 6 nitrogen and oxygen atoms in total. The fourth-order valence-corrected chi connectivity index (χ4v) is 5.69. The Labute approximate surface area is 147 Å². The standard InChI is InChI=1S/C18H23NO5S/c1-17(11-24-12-17)25(22,23)14-4-2-3-13(16(20)21)15(14)19-9-7-18(5-6-18)8-10-19/h2-4H,5-12H2,1H3,(H,20,21). The summed E-state index contributed by atoms with van der Waals surface area (Å²) in [5.74, 6) is -1.09. The number of carboxylic acids is 1. The molecule has 1 saturated carbocycles. The molecular weight excluding hydrogens is 342 g/mol. The van der Waals surface area contributed by atoms with Crippen LogP contribution in [0.5, 0.6) is 0 Å². The van der Waals surface area contributed by atoms with Crippen molar-refractivity contribution in [2.45, 2.75) is 42.2 Å². The van der Waals surface area contributed by atoms with Gasteiger partial charge in [0.1, 0.15) is 4.75 Å². The zero-order chi connectivity index (χ0) is 17.9. The molecule has 0 radical (unpaired) electrons. The third-order valence-corrected chi connectivity index (χ3v) is 8.52. The fraction of sp³-hybridized carbons (Fsp3) is 0.611. The molecule has 1 aromatic rings. The van der Waals surface area contributed by atoms with Crippen LogP contribution in [0.3, 0.4) is 0 Å². The van der Waals surface area contributed by atoms with E-state index in [-0.39, 0.29) is 23.7 Å². The lowest BCUT2D eigenvalue weighted by molar-refractivity contribution is -0.00489. The number of hydrogen-bond acceptors (Lipinski definition) is 5. The Morgan fingerprint density at radius 1 is 1.16 bits per heavy atom. The minimum absolute atomic E-state index is 0.0664. The van der Waals surface area contributed by atoms with Crippen molar-refractivity contribution in [2.75, 3.05) is 31.2 Å². The molecule has 0 amide bonds. The van der Waals surface area contributed by atoms with Gasteiger partial charge in [-0.3, -0.25) is 0 Å². The lowest BCUT2D eigenvalue weighted by Gasteiger charge is -2.40. The van der Waals surface area contributed by atoms with Gasteiger partial charge in [0.15, 0.2) is 9.84 Å². The summed E-state index contributed by atoms with van der Waals surface area (Å²) in [6.45, 7) is 3.38. The van der Waals surface area contributed by atoms with Crippen LogP contribution in [0, 0.1) is 5.41 Å². The Hall–Kier alpha value is -1.60. The number of aromatic carboxylic acids is 1. The van der Waals surface area contributed by atoms with Gasteiger partial charge in [0.25, 0.3) is 0 Å². The van der Waals surface area contributed by atoms with Crippen LogP contribution in [0.4, 0.5) is 5.69 Å². The van der Waals surface area contributed by atoms with Crippen molar-refractivity contribution in [3.05, 3.63) is 23.8 Å². The highest BCUT2D eigenvalue weighted by molar-refractivity contribution is 7.93. The second-order valence-electron chi connectivity index (χ2n) is 7.89. The van der Waals surface area contributed by atoms with Crippen molar-refractivity contribution in [2.24, 2.45) is 5.41 Å². The van der Waals surface area contributed by atoms with Crippen LogP contribution in [-0.2, 0) is 14.6 Å². The largest absolute Gasteiger partial charge is 0.478 e. The predicted octanol–water partition coefficient (Wildman–Crippen LogP) is 2.33. The number of sulfone groups is 1. The Morgan fingerprint density at radius 3 is 2.28 bits per heavy atom. The van der Waals surface area contributed by atoms with Crippen molar-refractivity contribution in [1.82, 2.24) is 0 Å². The SMILES string of the molecule is CC1(S(=O)(=O)c2cccc(C(=O)O)c2N2CCC3(CC2)CC3)COC1. The van der Waals surface area contributed by atoms with E-state index in [9.17, 15) is 18.3 Å². The monoisotopic (exact) mass is 365 g/mol. The highest BCUT2D eigenvalue weighted by atomic mass is 32.2. The molecule has 2 saturated heterocycles. The number of nitrogens with zero attached hydrogens (tertiary/aromatic N) is 1. The maximum absolute atomic E-state index is 13.2. The van der Waals surface area contributed by atoms with Crippen LogP contribution in [-0.4, -0.2) is 50.5 Å². The number of carboxylic acid groups (broad SMARTS) is 1. The van der Waals surface area contributed by atoms with Gasteiger partial charge < -0.3 is 14.7 Å². The summed E-state index contributed by atoms with van der Waals surface area (Å²) in [6, 6.07) is 4.56. The molecule has 136 valence electrons. The number of rotatable bonds is 4. The summed E-state index contributed by atoms with van der Waals surface area (Å²) in [6.07, 6.45) is 4.48. The normalized spacial score (nSPS) is 24.0. The molecule has 0 atom stereocenters. The number of benzene rings is 1. The average Bonchev–Trinajstić information content (AvgIpc) is 3.31. The number of anilines is 1. The van der Waals surface area contributed by atoms with Gasteiger partial charge in [-0.25, -0.2) is 13.2 Å². The van der Waals surface area contributed by atoms with Crippen molar-refractivity contribution in [3.8, 4) is 0 Å². The topological polar surface area (TPSA) is 83.9 Å². The smallest absolute Gasteiger partial charge is 0.337 e. The summed E-state index contributed by atoms with van der Waals surface area (Å²) < 4.78 is 30.6. The van der Waals surface area contributed by atoms with Crippen molar-refractivity contribution >= 4 is 21.5 Å². The lowest BCUT2D eigenvalue weighted by atomic mass is 9.93. The number of hydrogen-bond donors (Lipinski definition) is 1. The van der Waals surface area contributed by atoms with E-state index in [0.29, 0.717) is 24.2 Å². The van der Waals surface area contributed by atoms with E-state index in [0.717, 1.165) is 12.8 Å². The molecule has 2 heterocycles. The van der Waals surface area contributed by atoms with Crippen LogP contribution in [0.1, 0.15) is 43.0 Å². The van der Waals surface area contributed by atoms with Crippen LogP contribution < -0.4 is 4.90 Å². The first kappa shape index (κ1) is 16.8. The zero-order valence-electron chi connectivity index (χ0n) is 14.3. The molecule has 1 aliphatic carbocycles. The Morgan fingerprint density at radius 2 is 1.80 bits per heavy atom. The fourth-order valence-electron chi connectivity index (χ4n) is 3.93. The van der Waals surface area contributed by atoms with Crippen molar-refractivity contribution in [1.29, 1.82) is 0 Å². The van der Waals surface area contributed by atoms with Crippen LogP contribution in [0.25, 0.3) is 0 Å². The van der Waals surface area contributed by atoms with E-state index in [2.05, 4.69) is 0 Å². The van der Waals surface area contributed by atoms with E-state index in [1.54, 1.807) is 13.0 Å². The second-order valence-corrected chi connectivity index (χ2v) is 10.3. The highest BCUT2D eigenvalue weighted by Crippen LogP contribution is 2.54. The quantitative estimate of drug-likeness (QED) is 0.882. The molecule has 3 fully saturated rings. The van der Waals surface area contributed by atoms with E-state index < -0.39 is 20.6 Å². The number of piperidine rings is 1. The molecule has 7 heteroatoms. The predicted molar refractivity (Wildman–Crippen MR) is 92.9 cm³/mol. The van der Waals surface area contributed by atoms with Crippen LogP contribution in [0.15, 0.2) is 23.1 Å². The molecule has 3 aliphatic rings. The summed E-state index contributed by atoms with van der Waals surface area (Å²) >= 11 is 0. The molecule has 1 N–H and O–H groups in total. The number of para-hydroxylation sites is 1. The first-order valence-corrected chi connectivity index (χ1v) is 10.2. The molecule has 0 aromatic heterocycles. The van der Waals surface area contributed by atoms with E-state index in [1.165, 1.54) is 25.0 Å². The molecule has 0 bridgehead atoms. The van der Waals surface area contributed by atoms with Gasteiger partial charge in [-0.2, -0.15) is 0 Å². The molecular formula is C18H23NO5S. The Balaban J connectivity index is 1.79. The maximum atomic E-state index is 13.2. The minimum atomic E-state index is -3.68. The van der Waals surface area contributed by atoms with E-state index >= 15 is 0 Å². The highest BCUT2D eigenvalue weighted by Gasteiger charge is 2.50.